The Hall–Kier alpha value is -2.97. The van der Waals surface area contributed by atoms with Crippen molar-refractivity contribution in [2.45, 2.75) is 44.8 Å². The lowest BCUT2D eigenvalue weighted by Crippen LogP contribution is -2.41. The van der Waals surface area contributed by atoms with Gasteiger partial charge in [-0.15, -0.1) is 0 Å². The predicted molar refractivity (Wildman–Crippen MR) is 102 cm³/mol. The van der Waals surface area contributed by atoms with Crippen LogP contribution in [0, 0.1) is 11.7 Å². The Kier molecular flexibility index (Phi) is 6.84. The Morgan fingerprint density at radius 3 is 2.07 bits per heavy atom. The zero-order chi connectivity index (χ0) is 22.7. The summed E-state index contributed by atoms with van der Waals surface area (Å²) in [6.07, 6.45) is -2.38. The number of benzene rings is 1. The van der Waals surface area contributed by atoms with Crippen LogP contribution >= 0.6 is 0 Å². The third-order valence-corrected chi connectivity index (χ3v) is 4.22. The second-order valence-corrected chi connectivity index (χ2v) is 7.97. The Morgan fingerprint density at radius 1 is 1.07 bits per heavy atom. The number of amides is 1. The van der Waals surface area contributed by atoms with E-state index in [4.69, 9.17) is 9.90 Å². The third kappa shape index (κ3) is 6.82. The van der Waals surface area contributed by atoms with E-state index in [-0.39, 0.29) is 29.1 Å². The number of hydrogen-bond donors (Lipinski definition) is 2. The van der Waals surface area contributed by atoms with Gasteiger partial charge < -0.3 is 10.4 Å². The van der Waals surface area contributed by atoms with E-state index in [2.05, 4.69) is 10.3 Å². The minimum atomic E-state index is -5.08. The quantitative estimate of drug-likeness (QED) is 0.707. The fourth-order valence-corrected chi connectivity index (χ4v) is 2.73. The fraction of sp³-hybridized carbons (Fsp3) is 0.381. The first-order valence-electron chi connectivity index (χ1n) is 9.12. The van der Waals surface area contributed by atoms with Crippen molar-refractivity contribution in [3.8, 4) is 11.3 Å². The molecule has 162 valence electrons. The number of aromatic nitrogens is 1. The number of nitrogens with one attached hydrogen (secondary N) is 1. The van der Waals surface area contributed by atoms with Crippen LogP contribution in [-0.4, -0.2) is 33.7 Å². The van der Waals surface area contributed by atoms with Crippen molar-refractivity contribution < 1.29 is 32.3 Å². The van der Waals surface area contributed by atoms with E-state index in [1.54, 1.807) is 12.1 Å². The minimum absolute atomic E-state index is 0.0488. The Labute approximate surface area is 171 Å². The van der Waals surface area contributed by atoms with Crippen molar-refractivity contribution in [3.05, 3.63) is 54.0 Å². The van der Waals surface area contributed by atoms with Gasteiger partial charge in [0, 0.05) is 23.2 Å². The lowest BCUT2D eigenvalue weighted by Gasteiger charge is -2.20. The Morgan fingerprint density at radius 2 is 1.63 bits per heavy atom. The summed E-state index contributed by atoms with van der Waals surface area (Å²) in [5.41, 5.74) is 2.58. The first-order valence-corrected chi connectivity index (χ1v) is 9.12. The summed E-state index contributed by atoms with van der Waals surface area (Å²) in [6.45, 7) is 5.96. The van der Waals surface area contributed by atoms with Crippen molar-refractivity contribution >= 4 is 11.9 Å². The molecule has 1 aliphatic carbocycles. The zero-order valence-corrected chi connectivity index (χ0v) is 16.6. The third-order valence-electron chi connectivity index (χ3n) is 4.22. The Balaban J connectivity index is 0.000000396. The molecule has 9 heteroatoms. The molecule has 2 aromatic rings. The summed E-state index contributed by atoms with van der Waals surface area (Å²) in [7, 11) is 0. The first kappa shape index (κ1) is 23.3. The second-order valence-electron chi connectivity index (χ2n) is 7.97. The van der Waals surface area contributed by atoms with Crippen LogP contribution in [0.1, 0.15) is 38.7 Å². The molecular weight excluding hydrogens is 404 g/mol. The number of carboxylic acid groups (broad SMARTS) is 1. The average Bonchev–Trinajstić information content (AvgIpc) is 3.42. The number of pyridine rings is 1. The van der Waals surface area contributed by atoms with E-state index in [1.165, 1.54) is 12.1 Å². The summed E-state index contributed by atoms with van der Waals surface area (Å²) >= 11 is 0. The number of alkyl halides is 3. The molecule has 1 aliphatic rings. The van der Waals surface area contributed by atoms with Crippen LogP contribution in [0.2, 0.25) is 0 Å². The van der Waals surface area contributed by atoms with Crippen LogP contribution < -0.4 is 5.32 Å². The van der Waals surface area contributed by atoms with E-state index in [0.29, 0.717) is 0 Å². The fourth-order valence-electron chi connectivity index (χ4n) is 2.73. The summed E-state index contributed by atoms with van der Waals surface area (Å²) in [5, 5.41) is 10.2. The topological polar surface area (TPSA) is 79.3 Å². The van der Waals surface area contributed by atoms with Gasteiger partial charge >= 0.3 is 12.1 Å². The maximum atomic E-state index is 13.0. The molecule has 0 spiro atoms. The number of aliphatic carboxylic acids is 1. The maximum absolute atomic E-state index is 13.0. The predicted octanol–water partition coefficient (Wildman–Crippen LogP) is 4.54. The first-order chi connectivity index (χ1) is 13.8. The average molecular weight is 426 g/mol. The highest BCUT2D eigenvalue weighted by Gasteiger charge is 2.44. The minimum Gasteiger partial charge on any atom is -0.475 e. The number of rotatable bonds is 3. The van der Waals surface area contributed by atoms with Gasteiger partial charge in [0.1, 0.15) is 5.82 Å². The van der Waals surface area contributed by atoms with Crippen molar-refractivity contribution in [1.82, 2.24) is 10.3 Å². The van der Waals surface area contributed by atoms with Gasteiger partial charge in [0.05, 0.1) is 5.69 Å². The van der Waals surface area contributed by atoms with Crippen LogP contribution in [0.15, 0.2) is 42.6 Å². The number of nitrogens with zero attached hydrogens (tertiary/aromatic N) is 1. The zero-order valence-electron chi connectivity index (χ0n) is 16.6. The smallest absolute Gasteiger partial charge is 0.475 e. The number of carbonyl (C=O) groups excluding carboxylic acids is 1. The number of carboxylic acids is 1. The van der Waals surface area contributed by atoms with Crippen LogP contribution in [-0.2, 0) is 9.59 Å². The number of halogens is 4. The second kappa shape index (κ2) is 8.81. The maximum Gasteiger partial charge on any atom is 0.490 e. The van der Waals surface area contributed by atoms with Gasteiger partial charge in [-0.1, -0.05) is 6.07 Å². The molecule has 2 N–H and O–H groups in total. The van der Waals surface area contributed by atoms with Crippen molar-refractivity contribution in [2.75, 3.05) is 0 Å². The van der Waals surface area contributed by atoms with Crippen LogP contribution in [0.5, 0.6) is 0 Å². The lowest BCUT2D eigenvalue weighted by atomic mass is 10.1. The van der Waals surface area contributed by atoms with Gasteiger partial charge in [-0.2, -0.15) is 13.2 Å². The molecule has 1 aromatic heterocycles. The van der Waals surface area contributed by atoms with Crippen LogP contribution in [0.4, 0.5) is 17.6 Å². The molecular formula is C21H22F4N2O3. The molecule has 0 saturated heterocycles. The normalized spacial score (nSPS) is 18.1. The molecule has 1 amide bonds. The Bertz CT molecular complexity index is 888. The highest BCUT2D eigenvalue weighted by molar-refractivity contribution is 5.83. The van der Waals surface area contributed by atoms with E-state index < -0.39 is 12.1 Å². The summed E-state index contributed by atoms with van der Waals surface area (Å²) in [5.74, 6) is -2.59. The van der Waals surface area contributed by atoms with Crippen LogP contribution in [0.25, 0.3) is 11.3 Å². The molecule has 3 rings (SSSR count). The number of hydrogen-bond acceptors (Lipinski definition) is 3. The lowest BCUT2D eigenvalue weighted by molar-refractivity contribution is -0.192. The molecule has 1 heterocycles. The van der Waals surface area contributed by atoms with Gasteiger partial charge in [-0.3, -0.25) is 9.78 Å². The van der Waals surface area contributed by atoms with Gasteiger partial charge in [0.15, 0.2) is 0 Å². The molecule has 0 bridgehead atoms. The van der Waals surface area contributed by atoms with Crippen LogP contribution in [0.3, 0.4) is 0 Å². The number of carbonyl (C=O) groups is 2. The van der Waals surface area contributed by atoms with E-state index in [1.807, 2.05) is 39.1 Å². The van der Waals surface area contributed by atoms with Crippen molar-refractivity contribution in [3.63, 3.8) is 0 Å². The molecule has 1 aromatic carbocycles. The van der Waals surface area contributed by atoms with E-state index in [9.17, 15) is 22.4 Å². The van der Waals surface area contributed by atoms with Gasteiger partial charge in [-0.25, -0.2) is 9.18 Å². The highest BCUT2D eigenvalue weighted by Crippen LogP contribution is 2.47. The SMILES string of the molecule is CC(C)(C)NC(=O)[C@@H]1C[C@H]1c1ccc(-c2ccc(F)cc2)nc1.O=C(O)C(F)(F)F. The van der Waals surface area contributed by atoms with Gasteiger partial charge in [0.25, 0.3) is 0 Å². The molecule has 30 heavy (non-hydrogen) atoms. The van der Waals surface area contributed by atoms with E-state index >= 15 is 0 Å². The molecule has 1 saturated carbocycles. The highest BCUT2D eigenvalue weighted by atomic mass is 19.4. The monoisotopic (exact) mass is 426 g/mol. The van der Waals surface area contributed by atoms with Crippen molar-refractivity contribution in [1.29, 1.82) is 0 Å². The summed E-state index contributed by atoms with van der Waals surface area (Å²) < 4.78 is 44.7. The molecule has 0 aliphatic heterocycles. The van der Waals surface area contributed by atoms with E-state index in [0.717, 1.165) is 23.2 Å². The molecule has 1 fully saturated rings. The molecule has 0 unspecified atom stereocenters. The standard InChI is InChI=1S/C19H21FN2O.C2HF3O2/c1-19(2,3)22-18(23)16-10-15(16)13-6-9-17(21-11-13)12-4-7-14(20)8-5-12;3-2(4,5)1(6)7/h4-9,11,15-16H,10H2,1-3H3,(H,22,23);(H,6,7)/t15-,16+;/m0./s1. The molecule has 5 nitrogen and oxygen atoms in total. The van der Waals surface area contributed by atoms with Gasteiger partial charge in [-0.05, 0) is 69.0 Å². The largest absolute Gasteiger partial charge is 0.490 e. The molecule has 0 radical (unpaired) electrons. The van der Waals surface area contributed by atoms with Gasteiger partial charge in [0.2, 0.25) is 5.91 Å². The molecule has 2 atom stereocenters. The summed E-state index contributed by atoms with van der Waals surface area (Å²) in [4.78, 5) is 25.5. The van der Waals surface area contributed by atoms with Crippen molar-refractivity contribution in [2.24, 2.45) is 5.92 Å². The summed E-state index contributed by atoms with van der Waals surface area (Å²) in [6, 6.07) is 10.2.